The van der Waals surface area contributed by atoms with Gasteiger partial charge in [-0.1, -0.05) is 6.07 Å². The molecule has 1 fully saturated rings. The number of nitrogens with zero attached hydrogens (tertiary/aromatic N) is 1. The summed E-state index contributed by atoms with van der Waals surface area (Å²) < 4.78 is 26.2. The molecule has 0 bridgehead atoms. The van der Waals surface area contributed by atoms with Gasteiger partial charge in [0.15, 0.2) is 11.6 Å². The lowest BCUT2D eigenvalue weighted by Gasteiger charge is -2.37. The van der Waals surface area contributed by atoms with Crippen molar-refractivity contribution in [3.63, 3.8) is 0 Å². The van der Waals surface area contributed by atoms with E-state index >= 15 is 0 Å². The minimum Gasteiger partial charge on any atom is -0.328 e. The Labute approximate surface area is 113 Å². The summed E-state index contributed by atoms with van der Waals surface area (Å²) in [5, 5.41) is 0. The fraction of sp³-hybridized carbons (Fsp3) is 0.600. The Morgan fingerprint density at radius 1 is 1.16 bits per heavy atom. The maximum absolute atomic E-state index is 13.3. The van der Waals surface area contributed by atoms with Gasteiger partial charge in [0.05, 0.1) is 0 Å². The molecule has 1 aromatic carbocycles. The molecule has 2 nitrogen and oxygen atoms in total. The van der Waals surface area contributed by atoms with Crippen LogP contribution < -0.4 is 5.73 Å². The van der Waals surface area contributed by atoms with Crippen molar-refractivity contribution in [1.29, 1.82) is 0 Å². The van der Waals surface area contributed by atoms with Gasteiger partial charge in [-0.05, 0) is 57.4 Å². The number of hydrogen-bond acceptors (Lipinski definition) is 2. The van der Waals surface area contributed by atoms with Gasteiger partial charge in [0.2, 0.25) is 0 Å². The van der Waals surface area contributed by atoms with Gasteiger partial charge in [-0.25, -0.2) is 8.78 Å². The highest BCUT2D eigenvalue weighted by Gasteiger charge is 2.25. The first-order valence-electron chi connectivity index (χ1n) is 6.91. The zero-order valence-electron chi connectivity index (χ0n) is 11.6. The second-order valence-electron chi connectivity index (χ2n) is 5.58. The summed E-state index contributed by atoms with van der Waals surface area (Å²) >= 11 is 0. The number of hydrogen-bond donors (Lipinski definition) is 1. The number of halogens is 2. The molecular formula is C15H22F2N2. The van der Waals surface area contributed by atoms with Crippen molar-refractivity contribution in [2.45, 2.75) is 50.7 Å². The molecule has 4 heteroatoms. The minimum atomic E-state index is -0.790. The zero-order valence-corrected chi connectivity index (χ0v) is 11.6. The van der Waals surface area contributed by atoms with Crippen LogP contribution in [0.25, 0.3) is 0 Å². The van der Waals surface area contributed by atoms with Crippen LogP contribution in [-0.2, 0) is 0 Å². The van der Waals surface area contributed by atoms with Crippen LogP contribution in [0.4, 0.5) is 8.78 Å². The van der Waals surface area contributed by atoms with Crippen molar-refractivity contribution >= 4 is 0 Å². The van der Waals surface area contributed by atoms with Crippen molar-refractivity contribution in [3.05, 3.63) is 35.4 Å². The highest BCUT2D eigenvalue weighted by Crippen LogP contribution is 2.28. The van der Waals surface area contributed by atoms with Crippen molar-refractivity contribution in [2.24, 2.45) is 5.73 Å². The summed E-state index contributed by atoms with van der Waals surface area (Å²) in [4.78, 5) is 2.25. The number of rotatable bonds is 3. The monoisotopic (exact) mass is 268 g/mol. The van der Waals surface area contributed by atoms with E-state index in [1.165, 1.54) is 12.1 Å². The maximum Gasteiger partial charge on any atom is 0.159 e. The SMILES string of the molecule is CC(c1ccc(F)c(F)c1)N(C)C1CCC(N)CC1. The first-order chi connectivity index (χ1) is 8.99. The molecule has 0 aliphatic heterocycles. The summed E-state index contributed by atoms with van der Waals surface area (Å²) in [7, 11) is 2.05. The van der Waals surface area contributed by atoms with E-state index in [9.17, 15) is 8.78 Å². The largest absolute Gasteiger partial charge is 0.328 e. The van der Waals surface area contributed by atoms with E-state index in [1.807, 2.05) is 14.0 Å². The summed E-state index contributed by atoms with van der Waals surface area (Å²) in [5.74, 6) is -1.56. The molecule has 0 amide bonds. The van der Waals surface area contributed by atoms with Gasteiger partial charge in [0.25, 0.3) is 0 Å². The lowest BCUT2D eigenvalue weighted by Crippen LogP contribution is -2.39. The van der Waals surface area contributed by atoms with Gasteiger partial charge < -0.3 is 5.73 Å². The van der Waals surface area contributed by atoms with Crippen LogP contribution in [0.5, 0.6) is 0 Å². The highest BCUT2D eigenvalue weighted by atomic mass is 19.2. The Bertz CT molecular complexity index is 428. The smallest absolute Gasteiger partial charge is 0.159 e. The first-order valence-corrected chi connectivity index (χ1v) is 6.91. The maximum atomic E-state index is 13.3. The predicted molar refractivity (Wildman–Crippen MR) is 72.8 cm³/mol. The zero-order chi connectivity index (χ0) is 14.0. The van der Waals surface area contributed by atoms with Crippen molar-refractivity contribution in [2.75, 3.05) is 7.05 Å². The van der Waals surface area contributed by atoms with Gasteiger partial charge >= 0.3 is 0 Å². The van der Waals surface area contributed by atoms with Crippen LogP contribution in [0.2, 0.25) is 0 Å². The molecular weight excluding hydrogens is 246 g/mol. The molecule has 1 aliphatic carbocycles. The molecule has 2 N–H and O–H groups in total. The summed E-state index contributed by atoms with van der Waals surface area (Å²) in [5.41, 5.74) is 6.73. The van der Waals surface area contributed by atoms with Crippen LogP contribution >= 0.6 is 0 Å². The molecule has 1 unspecified atom stereocenters. The molecule has 106 valence electrons. The summed E-state index contributed by atoms with van der Waals surface area (Å²) in [6.07, 6.45) is 4.23. The number of nitrogens with two attached hydrogens (primary N) is 1. The molecule has 0 spiro atoms. The Morgan fingerprint density at radius 2 is 1.79 bits per heavy atom. The van der Waals surface area contributed by atoms with Gasteiger partial charge in [0.1, 0.15) is 0 Å². The van der Waals surface area contributed by atoms with Crippen molar-refractivity contribution in [1.82, 2.24) is 4.90 Å². The topological polar surface area (TPSA) is 29.3 Å². The van der Waals surface area contributed by atoms with Crippen LogP contribution in [0.3, 0.4) is 0 Å². The van der Waals surface area contributed by atoms with Gasteiger partial charge in [-0.3, -0.25) is 4.90 Å². The van der Waals surface area contributed by atoms with E-state index in [1.54, 1.807) is 6.07 Å². The second kappa shape index (κ2) is 5.97. The standard InChI is InChI=1S/C15H22F2N2/c1-10(11-3-8-14(16)15(17)9-11)19(2)13-6-4-12(18)5-7-13/h3,8-10,12-13H,4-7,18H2,1-2H3. The fourth-order valence-electron chi connectivity index (χ4n) is 2.83. The van der Waals surface area contributed by atoms with E-state index < -0.39 is 11.6 Å². The molecule has 19 heavy (non-hydrogen) atoms. The van der Waals surface area contributed by atoms with Crippen molar-refractivity contribution in [3.8, 4) is 0 Å². The fourth-order valence-corrected chi connectivity index (χ4v) is 2.83. The molecule has 1 aliphatic rings. The van der Waals surface area contributed by atoms with Crippen molar-refractivity contribution < 1.29 is 8.78 Å². The Balaban J connectivity index is 2.05. The van der Waals surface area contributed by atoms with E-state index in [2.05, 4.69) is 4.90 Å². The lowest BCUT2D eigenvalue weighted by atomic mass is 9.90. The first kappa shape index (κ1) is 14.4. The average molecular weight is 268 g/mol. The van der Waals surface area contributed by atoms with E-state index in [-0.39, 0.29) is 6.04 Å². The average Bonchev–Trinajstić information content (AvgIpc) is 2.41. The molecule has 2 rings (SSSR count). The summed E-state index contributed by atoms with van der Waals surface area (Å²) in [6, 6.07) is 5.03. The van der Waals surface area contributed by atoms with Crippen LogP contribution in [0.1, 0.15) is 44.2 Å². The molecule has 1 saturated carbocycles. The van der Waals surface area contributed by atoms with E-state index in [0.717, 1.165) is 31.2 Å². The molecule has 1 atom stereocenters. The Morgan fingerprint density at radius 3 is 2.37 bits per heavy atom. The van der Waals surface area contributed by atoms with Gasteiger partial charge in [-0.2, -0.15) is 0 Å². The highest BCUT2D eigenvalue weighted by molar-refractivity contribution is 5.21. The molecule has 0 heterocycles. The van der Waals surface area contributed by atoms with Gasteiger partial charge in [0, 0.05) is 18.1 Å². The molecule has 0 saturated heterocycles. The van der Waals surface area contributed by atoms with Crippen LogP contribution in [0, 0.1) is 11.6 Å². The van der Waals surface area contributed by atoms with Crippen LogP contribution in [-0.4, -0.2) is 24.0 Å². The quantitative estimate of drug-likeness (QED) is 0.912. The molecule has 0 radical (unpaired) electrons. The third-order valence-corrected chi connectivity index (χ3v) is 4.35. The van der Waals surface area contributed by atoms with E-state index in [4.69, 9.17) is 5.73 Å². The van der Waals surface area contributed by atoms with Gasteiger partial charge in [-0.15, -0.1) is 0 Å². The Kier molecular flexibility index (Phi) is 4.53. The normalized spacial score (nSPS) is 25.6. The third kappa shape index (κ3) is 3.31. The second-order valence-corrected chi connectivity index (χ2v) is 5.58. The molecule has 1 aromatic rings. The third-order valence-electron chi connectivity index (χ3n) is 4.35. The lowest BCUT2D eigenvalue weighted by molar-refractivity contribution is 0.140. The Hall–Kier alpha value is -1.00. The van der Waals surface area contributed by atoms with E-state index in [0.29, 0.717) is 12.1 Å². The van der Waals surface area contributed by atoms with Crippen LogP contribution in [0.15, 0.2) is 18.2 Å². The number of benzene rings is 1. The summed E-state index contributed by atoms with van der Waals surface area (Å²) in [6.45, 7) is 2.03. The minimum absolute atomic E-state index is 0.0782. The predicted octanol–water partition coefficient (Wildman–Crippen LogP) is 3.23. The molecule has 0 aromatic heterocycles.